The molecule has 0 saturated heterocycles. The maximum Gasteiger partial charge on any atom is 0.274 e. The molecule has 2 N–H and O–H groups in total. The van der Waals surface area contributed by atoms with Crippen molar-refractivity contribution >= 4 is 28.9 Å². The summed E-state index contributed by atoms with van der Waals surface area (Å²) in [5, 5.41) is 6.77. The number of pyridine rings is 1. The van der Waals surface area contributed by atoms with Crippen molar-refractivity contribution in [1.82, 2.24) is 4.98 Å². The van der Waals surface area contributed by atoms with Crippen molar-refractivity contribution in [2.75, 3.05) is 17.7 Å². The number of hydrogen-bond acceptors (Lipinski definition) is 4. The molecule has 26 heavy (non-hydrogen) atoms. The number of methoxy groups -OCH3 is 1. The fraction of sp³-hybridized carbons (Fsp3) is 0.100. The lowest BCUT2D eigenvalue weighted by Gasteiger charge is -2.10. The fourth-order valence-corrected chi connectivity index (χ4v) is 2.58. The maximum atomic E-state index is 12.4. The molecule has 132 valence electrons. The number of amides is 1. The van der Waals surface area contributed by atoms with Crippen LogP contribution in [0.15, 0.2) is 66.9 Å². The zero-order valence-electron chi connectivity index (χ0n) is 14.2. The quantitative estimate of drug-likeness (QED) is 0.668. The van der Waals surface area contributed by atoms with Crippen molar-refractivity contribution in [2.45, 2.75) is 6.54 Å². The molecule has 0 atom stereocenters. The molecule has 0 radical (unpaired) electrons. The molecule has 3 aromatic rings. The number of rotatable bonds is 6. The number of nitrogens with zero attached hydrogens (tertiary/aromatic N) is 1. The van der Waals surface area contributed by atoms with Crippen molar-refractivity contribution in [1.29, 1.82) is 0 Å². The summed E-state index contributed by atoms with van der Waals surface area (Å²) in [5.74, 6) is 0.448. The van der Waals surface area contributed by atoms with Gasteiger partial charge in [-0.3, -0.25) is 9.78 Å². The molecular formula is C20H18ClN3O2. The van der Waals surface area contributed by atoms with Gasteiger partial charge in [0.15, 0.2) is 0 Å². The molecule has 0 spiro atoms. The van der Waals surface area contributed by atoms with E-state index >= 15 is 0 Å². The predicted molar refractivity (Wildman–Crippen MR) is 104 cm³/mol. The van der Waals surface area contributed by atoms with Gasteiger partial charge in [-0.1, -0.05) is 29.8 Å². The minimum atomic E-state index is -0.281. The summed E-state index contributed by atoms with van der Waals surface area (Å²) in [6.07, 6.45) is 1.60. The van der Waals surface area contributed by atoms with Crippen LogP contribution in [-0.2, 0) is 6.54 Å². The lowest BCUT2D eigenvalue weighted by atomic mass is 10.2. The summed E-state index contributed by atoms with van der Waals surface area (Å²) >= 11 is 6.16. The summed E-state index contributed by atoms with van der Waals surface area (Å²) in [7, 11) is 1.60. The van der Waals surface area contributed by atoms with E-state index in [-0.39, 0.29) is 5.91 Å². The summed E-state index contributed by atoms with van der Waals surface area (Å²) < 4.78 is 5.10. The Morgan fingerprint density at radius 1 is 1.08 bits per heavy atom. The van der Waals surface area contributed by atoms with Crippen LogP contribution in [0.4, 0.5) is 11.4 Å². The number of carbonyl (C=O) groups is 1. The lowest BCUT2D eigenvalue weighted by molar-refractivity contribution is 0.102. The molecule has 0 unspecified atom stereocenters. The minimum absolute atomic E-state index is 0.281. The van der Waals surface area contributed by atoms with E-state index in [2.05, 4.69) is 15.6 Å². The molecule has 2 aromatic carbocycles. The van der Waals surface area contributed by atoms with Gasteiger partial charge in [0, 0.05) is 29.1 Å². The smallest absolute Gasteiger partial charge is 0.274 e. The van der Waals surface area contributed by atoms with Crippen LogP contribution < -0.4 is 15.4 Å². The number of ether oxygens (including phenoxy) is 1. The molecule has 1 amide bonds. The van der Waals surface area contributed by atoms with Crippen LogP contribution in [0.25, 0.3) is 0 Å². The van der Waals surface area contributed by atoms with Crippen LogP contribution in [0.3, 0.4) is 0 Å². The highest BCUT2D eigenvalue weighted by Gasteiger charge is 2.09. The van der Waals surface area contributed by atoms with Crippen LogP contribution >= 0.6 is 11.6 Å². The Morgan fingerprint density at radius 3 is 2.58 bits per heavy atom. The summed E-state index contributed by atoms with van der Waals surface area (Å²) in [5.41, 5.74) is 2.77. The van der Waals surface area contributed by atoms with Crippen molar-refractivity contribution in [3.05, 3.63) is 83.1 Å². The van der Waals surface area contributed by atoms with E-state index in [9.17, 15) is 4.79 Å². The number of hydrogen-bond donors (Lipinski definition) is 2. The molecule has 0 bridgehead atoms. The average molecular weight is 368 g/mol. The SMILES string of the molecule is COc1ccc(NC(=O)c2cc(NCc3ccccc3Cl)ccn2)cc1. The van der Waals surface area contributed by atoms with Crippen LogP contribution in [0.1, 0.15) is 16.1 Å². The van der Waals surface area contributed by atoms with E-state index in [4.69, 9.17) is 16.3 Å². The molecule has 1 heterocycles. The third kappa shape index (κ3) is 4.52. The van der Waals surface area contributed by atoms with Crippen LogP contribution in [-0.4, -0.2) is 18.0 Å². The summed E-state index contributed by atoms with van der Waals surface area (Å²) in [6.45, 7) is 0.559. The topological polar surface area (TPSA) is 63.2 Å². The first-order valence-electron chi connectivity index (χ1n) is 8.04. The van der Waals surface area contributed by atoms with Gasteiger partial charge in [0.25, 0.3) is 5.91 Å². The van der Waals surface area contributed by atoms with Gasteiger partial charge in [0.2, 0.25) is 0 Å². The van der Waals surface area contributed by atoms with Gasteiger partial charge in [0.05, 0.1) is 7.11 Å². The van der Waals surface area contributed by atoms with E-state index in [0.717, 1.165) is 17.0 Å². The maximum absolute atomic E-state index is 12.4. The molecule has 0 aliphatic heterocycles. The van der Waals surface area contributed by atoms with Crippen molar-refractivity contribution in [3.63, 3.8) is 0 Å². The third-order valence-electron chi connectivity index (χ3n) is 3.78. The molecule has 0 saturated carbocycles. The van der Waals surface area contributed by atoms with Crippen molar-refractivity contribution < 1.29 is 9.53 Å². The second-order valence-electron chi connectivity index (χ2n) is 5.56. The largest absolute Gasteiger partial charge is 0.497 e. The number of benzene rings is 2. The van der Waals surface area contributed by atoms with Crippen LogP contribution in [0, 0.1) is 0 Å². The highest BCUT2D eigenvalue weighted by atomic mass is 35.5. The molecular weight excluding hydrogens is 350 g/mol. The van der Waals surface area contributed by atoms with Gasteiger partial charge in [-0.05, 0) is 48.0 Å². The Morgan fingerprint density at radius 2 is 1.85 bits per heavy atom. The molecule has 1 aromatic heterocycles. The first-order chi connectivity index (χ1) is 12.7. The Balaban J connectivity index is 1.66. The number of aromatic nitrogens is 1. The van der Waals surface area contributed by atoms with Crippen molar-refractivity contribution in [2.24, 2.45) is 0 Å². The fourth-order valence-electron chi connectivity index (χ4n) is 2.37. The number of nitrogens with one attached hydrogen (secondary N) is 2. The van der Waals surface area contributed by atoms with Gasteiger partial charge in [-0.15, -0.1) is 0 Å². The van der Waals surface area contributed by atoms with E-state index in [1.165, 1.54) is 0 Å². The van der Waals surface area contributed by atoms with Crippen LogP contribution in [0.2, 0.25) is 5.02 Å². The van der Waals surface area contributed by atoms with Gasteiger partial charge in [-0.2, -0.15) is 0 Å². The zero-order valence-corrected chi connectivity index (χ0v) is 15.0. The minimum Gasteiger partial charge on any atom is -0.497 e. The zero-order chi connectivity index (χ0) is 18.4. The van der Waals surface area contributed by atoms with Crippen molar-refractivity contribution in [3.8, 4) is 5.75 Å². The highest BCUT2D eigenvalue weighted by Crippen LogP contribution is 2.18. The second kappa shape index (κ2) is 8.36. The molecule has 6 heteroatoms. The average Bonchev–Trinajstić information content (AvgIpc) is 2.68. The Labute approximate surface area is 157 Å². The number of halogens is 1. The predicted octanol–water partition coefficient (Wildman–Crippen LogP) is 4.61. The van der Waals surface area contributed by atoms with Gasteiger partial charge in [-0.25, -0.2) is 0 Å². The Bertz CT molecular complexity index is 898. The first-order valence-corrected chi connectivity index (χ1v) is 8.42. The monoisotopic (exact) mass is 367 g/mol. The van der Waals surface area contributed by atoms with Gasteiger partial charge in [0.1, 0.15) is 11.4 Å². The second-order valence-corrected chi connectivity index (χ2v) is 5.96. The van der Waals surface area contributed by atoms with E-state index in [1.54, 1.807) is 49.7 Å². The number of anilines is 2. The number of carbonyl (C=O) groups excluding carboxylic acids is 1. The van der Waals surface area contributed by atoms with Gasteiger partial charge >= 0.3 is 0 Å². The first kappa shape index (κ1) is 17.8. The molecule has 0 aliphatic rings. The lowest BCUT2D eigenvalue weighted by Crippen LogP contribution is -2.14. The van der Waals surface area contributed by atoms with Crippen LogP contribution in [0.5, 0.6) is 5.75 Å². The molecule has 3 rings (SSSR count). The Hall–Kier alpha value is -3.05. The molecule has 5 nitrogen and oxygen atoms in total. The summed E-state index contributed by atoms with van der Waals surface area (Å²) in [4.78, 5) is 16.5. The highest BCUT2D eigenvalue weighted by molar-refractivity contribution is 6.31. The summed E-state index contributed by atoms with van der Waals surface area (Å²) in [6, 6.07) is 18.2. The standard InChI is InChI=1S/C20H18ClN3O2/c1-26-17-8-6-15(7-9-17)24-20(25)19-12-16(10-11-22-19)23-13-14-4-2-3-5-18(14)21/h2-12H,13H2,1H3,(H,22,23)(H,24,25). The van der Waals surface area contributed by atoms with E-state index in [0.29, 0.717) is 22.9 Å². The third-order valence-corrected chi connectivity index (χ3v) is 4.15. The van der Waals surface area contributed by atoms with E-state index < -0.39 is 0 Å². The van der Waals surface area contributed by atoms with Gasteiger partial charge < -0.3 is 15.4 Å². The molecule has 0 fully saturated rings. The Kier molecular flexibility index (Phi) is 5.71. The molecule has 0 aliphatic carbocycles. The normalized spacial score (nSPS) is 10.2. The van der Waals surface area contributed by atoms with E-state index in [1.807, 2.05) is 24.3 Å².